The quantitative estimate of drug-likeness (QED) is 0.519. The van der Waals surface area contributed by atoms with Gasteiger partial charge in [0.05, 0.1) is 6.61 Å². The van der Waals surface area contributed by atoms with Gasteiger partial charge in [-0.15, -0.1) is 0 Å². The molecular formula is C12H20O3. The second-order valence-electron chi connectivity index (χ2n) is 4.28. The number of carbonyl (C=O) groups is 2. The number of ether oxygens (including phenoxy) is 1. The normalized spacial score (nSPS) is 18.8. The van der Waals surface area contributed by atoms with E-state index in [4.69, 9.17) is 4.74 Å². The summed E-state index contributed by atoms with van der Waals surface area (Å²) in [4.78, 5) is 22.8. The molecular weight excluding hydrogens is 192 g/mol. The summed E-state index contributed by atoms with van der Waals surface area (Å²) in [5.74, 6) is 0.177. The Labute approximate surface area is 91.2 Å². The summed E-state index contributed by atoms with van der Waals surface area (Å²) in [5, 5.41) is 0. The van der Waals surface area contributed by atoms with E-state index in [9.17, 15) is 9.59 Å². The lowest BCUT2D eigenvalue weighted by molar-refractivity contribution is -0.146. The van der Waals surface area contributed by atoms with E-state index in [1.165, 1.54) is 12.8 Å². The van der Waals surface area contributed by atoms with Gasteiger partial charge in [0.25, 0.3) is 0 Å². The Morgan fingerprint density at radius 3 is 2.47 bits per heavy atom. The van der Waals surface area contributed by atoms with Crippen LogP contribution < -0.4 is 0 Å². The third-order valence-corrected chi connectivity index (χ3v) is 3.24. The first kappa shape index (κ1) is 12.2. The molecule has 1 saturated carbocycles. The summed E-state index contributed by atoms with van der Waals surface area (Å²) < 4.78 is 4.77. The molecule has 0 saturated heterocycles. The number of Topliss-reactive ketones (excluding diaryl/α,β-unsaturated/α-hetero) is 1. The van der Waals surface area contributed by atoms with Crippen molar-refractivity contribution in [2.45, 2.75) is 46.0 Å². The van der Waals surface area contributed by atoms with Crippen molar-refractivity contribution < 1.29 is 14.3 Å². The van der Waals surface area contributed by atoms with Gasteiger partial charge in [0, 0.05) is 5.92 Å². The highest BCUT2D eigenvalue weighted by molar-refractivity contribution is 5.96. The molecule has 86 valence electrons. The van der Waals surface area contributed by atoms with Gasteiger partial charge < -0.3 is 4.74 Å². The summed E-state index contributed by atoms with van der Waals surface area (Å²) in [6, 6.07) is 0. The number of esters is 1. The van der Waals surface area contributed by atoms with Crippen molar-refractivity contribution in [2.75, 3.05) is 6.61 Å². The molecule has 1 fully saturated rings. The lowest BCUT2D eigenvalue weighted by atomic mass is 9.88. The molecule has 1 aliphatic carbocycles. The van der Waals surface area contributed by atoms with Gasteiger partial charge in [-0.3, -0.25) is 9.59 Å². The molecule has 1 unspecified atom stereocenters. The van der Waals surface area contributed by atoms with Gasteiger partial charge in [0.1, 0.15) is 12.2 Å². The fourth-order valence-corrected chi connectivity index (χ4v) is 2.24. The number of carbonyl (C=O) groups excluding carboxylic acids is 2. The summed E-state index contributed by atoms with van der Waals surface area (Å²) in [7, 11) is 0. The maximum atomic E-state index is 11.7. The molecule has 0 heterocycles. The third kappa shape index (κ3) is 3.65. The fraction of sp³-hybridized carbons (Fsp3) is 0.833. The van der Waals surface area contributed by atoms with Crippen LogP contribution in [0.1, 0.15) is 46.0 Å². The Bertz CT molecular complexity index is 229. The molecule has 1 atom stereocenters. The van der Waals surface area contributed by atoms with Crippen LogP contribution in [0.15, 0.2) is 0 Å². The minimum atomic E-state index is -0.382. The van der Waals surface area contributed by atoms with Crippen molar-refractivity contribution in [1.82, 2.24) is 0 Å². The molecule has 0 radical (unpaired) electrons. The minimum Gasteiger partial charge on any atom is -0.466 e. The number of rotatable bonds is 5. The SMILES string of the molecule is CCOC(=O)CC(=O)C(C)C1CCCC1. The average molecular weight is 212 g/mol. The summed E-state index contributed by atoms with van der Waals surface area (Å²) in [6.45, 7) is 4.05. The maximum absolute atomic E-state index is 11.7. The van der Waals surface area contributed by atoms with Crippen LogP contribution >= 0.6 is 0 Å². The molecule has 0 bridgehead atoms. The Morgan fingerprint density at radius 2 is 1.93 bits per heavy atom. The highest BCUT2D eigenvalue weighted by atomic mass is 16.5. The fourth-order valence-electron chi connectivity index (χ4n) is 2.24. The Hall–Kier alpha value is -0.860. The van der Waals surface area contributed by atoms with E-state index < -0.39 is 0 Å². The molecule has 1 rings (SSSR count). The first-order valence-electron chi connectivity index (χ1n) is 5.83. The number of ketones is 1. The lowest BCUT2D eigenvalue weighted by Crippen LogP contribution is -2.22. The van der Waals surface area contributed by atoms with Crippen LogP contribution in [0.5, 0.6) is 0 Å². The van der Waals surface area contributed by atoms with Crippen molar-refractivity contribution in [2.24, 2.45) is 11.8 Å². The van der Waals surface area contributed by atoms with E-state index in [1.54, 1.807) is 6.92 Å². The molecule has 0 amide bonds. The van der Waals surface area contributed by atoms with E-state index in [0.29, 0.717) is 12.5 Å². The van der Waals surface area contributed by atoms with Crippen LogP contribution in [0, 0.1) is 11.8 Å². The summed E-state index contributed by atoms with van der Waals surface area (Å²) in [6.07, 6.45) is 4.67. The monoisotopic (exact) mass is 212 g/mol. The van der Waals surface area contributed by atoms with Gasteiger partial charge >= 0.3 is 5.97 Å². The topological polar surface area (TPSA) is 43.4 Å². The Balaban J connectivity index is 2.35. The molecule has 0 spiro atoms. The number of hydrogen-bond acceptors (Lipinski definition) is 3. The smallest absolute Gasteiger partial charge is 0.313 e. The first-order chi connectivity index (χ1) is 7.15. The summed E-state index contributed by atoms with van der Waals surface area (Å²) in [5.41, 5.74) is 0. The van der Waals surface area contributed by atoms with Crippen LogP contribution in [0.2, 0.25) is 0 Å². The standard InChI is InChI=1S/C12H20O3/c1-3-15-12(14)8-11(13)9(2)10-6-4-5-7-10/h9-10H,3-8H2,1-2H3. The Morgan fingerprint density at radius 1 is 1.33 bits per heavy atom. The van der Waals surface area contributed by atoms with Gasteiger partial charge in [0.15, 0.2) is 0 Å². The highest BCUT2D eigenvalue weighted by Crippen LogP contribution is 2.32. The van der Waals surface area contributed by atoms with Gasteiger partial charge in [-0.25, -0.2) is 0 Å². The van der Waals surface area contributed by atoms with E-state index in [1.807, 2.05) is 6.92 Å². The lowest BCUT2D eigenvalue weighted by Gasteiger charge is -2.16. The van der Waals surface area contributed by atoms with E-state index in [0.717, 1.165) is 12.8 Å². The van der Waals surface area contributed by atoms with Crippen LogP contribution in [-0.4, -0.2) is 18.4 Å². The molecule has 3 nitrogen and oxygen atoms in total. The summed E-state index contributed by atoms with van der Waals surface area (Å²) >= 11 is 0. The van der Waals surface area contributed by atoms with E-state index >= 15 is 0 Å². The first-order valence-corrected chi connectivity index (χ1v) is 5.83. The second kappa shape index (κ2) is 5.89. The molecule has 0 aliphatic heterocycles. The van der Waals surface area contributed by atoms with Crippen LogP contribution in [-0.2, 0) is 14.3 Å². The van der Waals surface area contributed by atoms with Gasteiger partial charge in [-0.1, -0.05) is 19.8 Å². The van der Waals surface area contributed by atoms with Gasteiger partial charge in [-0.05, 0) is 25.7 Å². The van der Waals surface area contributed by atoms with E-state index in [-0.39, 0.29) is 24.1 Å². The zero-order valence-electron chi connectivity index (χ0n) is 9.62. The third-order valence-electron chi connectivity index (χ3n) is 3.24. The minimum absolute atomic E-state index is 0.0249. The Kier molecular flexibility index (Phi) is 4.79. The van der Waals surface area contributed by atoms with Crippen LogP contribution in [0.25, 0.3) is 0 Å². The predicted octanol–water partition coefficient (Wildman–Crippen LogP) is 2.33. The van der Waals surface area contributed by atoms with Crippen molar-refractivity contribution in [3.8, 4) is 0 Å². The van der Waals surface area contributed by atoms with Crippen molar-refractivity contribution in [3.63, 3.8) is 0 Å². The zero-order valence-corrected chi connectivity index (χ0v) is 9.62. The van der Waals surface area contributed by atoms with Gasteiger partial charge in [0.2, 0.25) is 0 Å². The van der Waals surface area contributed by atoms with Crippen molar-refractivity contribution >= 4 is 11.8 Å². The molecule has 0 aromatic heterocycles. The largest absolute Gasteiger partial charge is 0.466 e. The van der Waals surface area contributed by atoms with Crippen molar-refractivity contribution in [1.29, 1.82) is 0 Å². The van der Waals surface area contributed by atoms with Crippen LogP contribution in [0.4, 0.5) is 0 Å². The predicted molar refractivity (Wildman–Crippen MR) is 57.4 cm³/mol. The molecule has 15 heavy (non-hydrogen) atoms. The average Bonchev–Trinajstić information content (AvgIpc) is 2.69. The highest BCUT2D eigenvalue weighted by Gasteiger charge is 2.27. The zero-order chi connectivity index (χ0) is 11.3. The van der Waals surface area contributed by atoms with Gasteiger partial charge in [-0.2, -0.15) is 0 Å². The second-order valence-corrected chi connectivity index (χ2v) is 4.28. The number of hydrogen-bond donors (Lipinski definition) is 0. The molecule has 0 N–H and O–H groups in total. The molecule has 1 aliphatic rings. The van der Waals surface area contributed by atoms with Crippen molar-refractivity contribution in [3.05, 3.63) is 0 Å². The van der Waals surface area contributed by atoms with Crippen LogP contribution in [0.3, 0.4) is 0 Å². The maximum Gasteiger partial charge on any atom is 0.313 e. The molecule has 0 aromatic rings. The molecule has 0 aromatic carbocycles. The molecule has 3 heteroatoms. The van der Waals surface area contributed by atoms with E-state index in [2.05, 4.69) is 0 Å².